The molecule has 9 nitrogen and oxygen atoms in total. The van der Waals surface area contributed by atoms with Crippen LogP contribution in [0.2, 0.25) is 0 Å². The maximum atomic E-state index is 13.3. The molecule has 4 aromatic rings. The highest BCUT2D eigenvalue weighted by molar-refractivity contribution is 7.92. The molecule has 2 aromatic heterocycles. The summed E-state index contributed by atoms with van der Waals surface area (Å²) in [7, 11) is -1.67. The second kappa shape index (κ2) is 9.70. The molecular formula is C27H27N5O4S. The van der Waals surface area contributed by atoms with Crippen LogP contribution in [0.3, 0.4) is 0 Å². The molecule has 37 heavy (non-hydrogen) atoms. The zero-order valence-electron chi connectivity index (χ0n) is 20.8. The summed E-state index contributed by atoms with van der Waals surface area (Å²) < 4.78 is 32.1. The lowest BCUT2D eigenvalue weighted by Gasteiger charge is -2.22. The average molecular weight is 518 g/mol. The summed E-state index contributed by atoms with van der Waals surface area (Å²) in [5.74, 6) is 1.78. The maximum absolute atomic E-state index is 13.3. The van der Waals surface area contributed by atoms with Gasteiger partial charge in [0.25, 0.3) is 5.91 Å². The van der Waals surface area contributed by atoms with Gasteiger partial charge in [0.05, 0.1) is 29.8 Å². The van der Waals surface area contributed by atoms with E-state index in [1.807, 2.05) is 54.3 Å². The lowest BCUT2D eigenvalue weighted by atomic mass is 10.1. The fraction of sp³-hybridized carbons (Fsp3) is 0.222. The lowest BCUT2D eigenvalue weighted by Crippen LogP contribution is -2.25. The number of carbonyl (C=O) groups excluding carboxylic acids is 1. The van der Waals surface area contributed by atoms with E-state index in [1.54, 1.807) is 36.5 Å². The Bertz CT molecular complexity index is 1610. The van der Waals surface area contributed by atoms with E-state index in [4.69, 9.17) is 4.74 Å². The van der Waals surface area contributed by atoms with E-state index < -0.39 is 10.0 Å². The zero-order valence-corrected chi connectivity index (χ0v) is 21.6. The number of anilines is 4. The van der Waals surface area contributed by atoms with Crippen molar-refractivity contribution in [3.63, 3.8) is 0 Å². The van der Waals surface area contributed by atoms with Crippen molar-refractivity contribution in [3.05, 3.63) is 78.1 Å². The predicted octanol–water partition coefficient (Wildman–Crippen LogP) is 4.37. The van der Waals surface area contributed by atoms with E-state index in [0.717, 1.165) is 28.3 Å². The van der Waals surface area contributed by atoms with Crippen LogP contribution in [-0.2, 0) is 16.4 Å². The summed E-state index contributed by atoms with van der Waals surface area (Å²) in [5, 5.41) is 1.55. The average Bonchev–Trinajstić information content (AvgIpc) is 2.96. The minimum atomic E-state index is -3.41. The first-order valence-electron chi connectivity index (χ1n) is 11.9. The number of hydrogen-bond donors (Lipinski definition) is 1. The topological polar surface area (TPSA) is 105 Å². The smallest absolute Gasteiger partial charge is 0.261 e. The number of aromatic nitrogens is 2. The number of amides is 1. The molecule has 2 aromatic carbocycles. The van der Waals surface area contributed by atoms with E-state index >= 15 is 0 Å². The van der Waals surface area contributed by atoms with Gasteiger partial charge in [0.15, 0.2) is 5.82 Å². The SMILES string of the molecule is CCN1c2ncc(CCOc3cccc4c(NS(C)(=O)=O)cccc34)cc2C(=O)N(C)c2cccnc21. The number of carbonyl (C=O) groups is 1. The minimum absolute atomic E-state index is 0.143. The van der Waals surface area contributed by atoms with Crippen molar-refractivity contribution in [1.82, 2.24) is 9.97 Å². The molecule has 1 aliphatic heterocycles. The normalized spacial score (nSPS) is 13.2. The number of pyridine rings is 2. The second-order valence-electron chi connectivity index (χ2n) is 8.80. The molecule has 0 aliphatic carbocycles. The van der Waals surface area contributed by atoms with Crippen molar-refractivity contribution in [2.75, 3.05) is 41.0 Å². The van der Waals surface area contributed by atoms with Gasteiger partial charge in [-0.25, -0.2) is 18.4 Å². The molecule has 0 atom stereocenters. The van der Waals surface area contributed by atoms with Gasteiger partial charge in [-0.3, -0.25) is 9.52 Å². The van der Waals surface area contributed by atoms with Crippen LogP contribution in [0, 0.1) is 0 Å². The Morgan fingerprint density at radius 3 is 2.57 bits per heavy atom. The Balaban J connectivity index is 1.38. The molecule has 0 spiro atoms. The van der Waals surface area contributed by atoms with Gasteiger partial charge in [-0.1, -0.05) is 24.3 Å². The first kappa shape index (κ1) is 24.5. The number of benzene rings is 2. The molecule has 190 valence electrons. The van der Waals surface area contributed by atoms with Gasteiger partial charge in [-0.05, 0) is 42.8 Å². The molecule has 0 radical (unpaired) electrons. The molecule has 1 N–H and O–H groups in total. The van der Waals surface area contributed by atoms with Gasteiger partial charge < -0.3 is 14.5 Å². The number of fused-ring (bicyclic) bond motifs is 3. The van der Waals surface area contributed by atoms with Crippen molar-refractivity contribution in [2.45, 2.75) is 13.3 Å². The monoisotopic (exact) mass is 517 g/mol. The van der Waals surface area contributed by atoms with Gasteiger partial charge in [0, 0.05) is 43.2 Å². The van der Waals surface area contributed by atoms with Crippen LogP contribution < -0.4 is 19.3 Å². The Morgan fingerprint density at radius 2 is 1.78 bits per heavy atom. The third kappa shape index (κ3) is 4.79. The molecule has 0 fully saturated rings. The summed E-state index contributed by atoms with van der Waals surface area (Å²) in [4.78, 5) is 26.1. The fourth-order valence-corrected chi connectivity index (χ4v) is 5.11. The van der Waals surface area contributed by atoms with Crippen molar-refractivity contribution in [2.24, 2.45) is 0 Å². The summed E-state index contributed by atoms with van der Waals surface area (Å²) in [6.45, 7) is 2.97. The van der Waals surface area contributed by atoms with E-state index in [0.29, 0.717) is 48.2 Å². The second-order valence-corrected chi connectivity index (χ2v) is 10.5. The highest BCUT2D eigenvalue weighted by Gasteiger charge is 2.30. The van der Waals surface area contributed by atoms with Gasteiger partial charge in [0.2, 0.25) is 10.0 Å². The molecule has 0 bridgehead atoms. The maximum Gasteiger partial charge on any atom is 0.261 e. The number of nitrogens with one attached hydrogen (secondary N) is 1. The Kier molecular flexibility index (Phi) is 6.43. The van der Waals surface area contributed by atoms with E-state index in [1.165, 1.54) is 0 Å². The number of rotatable bonds is 7. The summed E-state index contributed by atoms with van der Waals surface area (Å²) >= 11 is 0. The number of sulfonamides is 1. The third-order valence-corrected chi connectivity index (χ3v) is 6.83. The highest BCUT2D eigenvalue weighted by atomic mass is 32.2. The van der Waals surface area contributed by atoms with Crippen molar-refractivity contribution in [3.8, 4) is 5.75 Å². The van der Waals surface area contributed by atoms with Gasteiger partial charge >= 0.3 is 0 Å². The Hall–Kier alpha value is -4.18. The lowest BCUT2D eigenvalue weighted by molar-refractivity contribution is 0.0994. The van der Waals surface area contributed by atoms with Crippen LogP contribution in [0.5, 0.6) is 5.75 Å². The van der Waals surface area contributed by atoms with E-state index in [-0.39, 0.29) is 5.91 Å². The molecule has 0 unspecified atom stereocenters. The third-order valence-electron chi connectivity index (χ3n) is 6.24. The van der Waals surface area contributed by atoms with Crippen LogP contribution in [0.25, 0.3) is 10.8 Å². The van der Waals surface area contributed by atoms with Crippen LogP contribution in [0.15, 0.2) is 67.0 Å². The van der Waals surface area contributed by atoms with Gasteiger partial charge in [-0.2, -0.15) is 0 Å². The molecule has 1 aliphatic rings. The fourth-order valence-electron chi connectivity index (χ4n) is 4.53. The molecule has 3 heterocycles. The first-order valence-corrected chi connectivity index (χ1v) is 13.8. The Morgan fingerprint density at radius 1 is 1.00 bits per heavy atom. The minimum Gasteiger partial charge on any atom is -0.493 e. The molecule has 5 rings (SSSR count). The van der Waals surface area contributed by atoms with Gasteiger partial charge in [0.1, 0.15) is 11.6 Å². The molecule has 0 saturated heterocycles. The molecule has 1 amide bonds. The first-order chi connectivity index (χ1) is 17.8. The molecule has 0 saturated carbocycles. The summed E-state index contributed by atoms with van der Waals surface area (Å²) in [6, 6.07) is 16.5. The number of ether oxygens (including phenoxy) is 1. The molecule has 10 heteroatoms. The number of hydrogen-bond acceptors (Lipinski definition) is 7. The summed E-state index contributed by atoms with van der Waals surface area (Å²) in [5.41, 5.74) is 2.62. The van der Waals surface area contributed by atoms with Crippen LogP contribution in [-0.4, -0.2) is 50.7 Å². The predicted molar refractivity (Wildman–Crippen MR) is 146 cm³/mol. The Labute approximate surface area is 215 Å². The standard InChI is InChI=1S/C27H27N5O4S/c1-4-32-25-21(27(33)31(2)23-11-7-14-28-26(23)32)16-18(17-29-25)13-15-36-24-12-6-8-19-20(24)9-5-10-22(19)30-37(3,34)35/h5-12,14,16-17,30H,4,13,15H2,1-3H3. The largest absolute Gasteiger partial charge is 0.493 e. The van der Waals surface area contributed by atoms with Crippen LogP contribution in [0.1, 0.15) is 22.8 Å². The van der Waals surface area contributed by atoms with Crippen molar-refractivity contribution in [1.29, 1.82) is 0 Å². The number of nitrogens with zero attached hydrogens (tertiary/aromatic N) is 4. The van der Waals surface area contributed by atoms with Crippen molar-refractivity contribution < 1.29 is 17.9 Å². The zero-order chi connectivity index (χ0) is 26.2. The van der Waals surface area contributed by atoms with Crippen LogP contribution >= 0.6 is 0 Å². The van der Waals surface area contributed by atoms with E-state index in [9.17, 15) is 13.2 Å². The van der Waals surface area contributed by atoms with Gasteiger partial charge in [-0.15, -0.1) is 0 Å². The quantitative estimate of drug-likeness (QED) is 0.388. The van der Waals surface area contributed by atoms with Crippen molar-refractivity contribution >= 4 is 49.7 Å². The van der Waals surface area contributed by atoms with Crippen LogP contribution in [0.4, 0.5) is 23.0 Å². The van der Waals surface area contributed by atoms with E-state index in [2.05, 4.69) is 14.7 Å². The highest BCUT2D eigenvalue weighted by Crippen LogP contribution is 2.37. The molecular weight excluding hydrogens is 490 g/mol. The summed E-state index contributed by atoms with van der Waals surface area (Å²) in [6.07, 6.45) is 5.14.